The van der Waals surface area contributed by atoms with Crippen molar-refractivity contribution >= 4 is 50.8 Å². The molecule has 0 spiro atoms. The number of esters is 1. The maximum absolute atomic E-state index is 13.3. The van der Waals surface area contributed by atoms with Gasteiger partial charge in [-0.15, -0.1) is 11.3 Å². The molecule has 0 atom stereocenters. The number of hydrogen-bond donors (Lipinski definition) is 1. The first-order chi connectivity index (χ1) is 14.2. The summed E-state index contributed by atoms with van der Waals surface area (Å²) in [5, 5.41) is 2.53. The molecule has 0 radical (unpaired) electrons. The molecule has 156 valence electrons. The van der Waals surface area contributed by atoms with Crippen LogP contribution in [0.5, 0.6) is 5.75 Å². The lowest BCUT2D eigenvalue weighted by Crippen LogP contribution is -2.34. The van der Waals surface area contributed by atoms with Gasteiger partial charge in [0.25, 0.3) is 11.8 Å². The summed E-state index contributed by atoms with van der Waals surface area (Å²) in [4.78, 5) is 36.0. The number of halogens is 4. The van der Waals surface area contributed by atoms with E-state index in [0.29, 0.717) is 10.1 Å². The molecule has 0 aliphatic rings. The van der Waals surface area contributed by atoms with E-state index in [1.807, 2.05) is 5.32 Å². The minimum absolute atomic E-state index is 0.00544. The summed E-state index contributed by atoms with van der Waals surface area (Å²) in [7, 11) is 0. The normalized spacial score (nSPS) is 10.8. The summed E-state index contributed by atoms with van der Waals surface area (Å²) in [6.45, 7) is -3.77. The first-order valence-corrected chi connectivity index (χ1v) is 9.38. The average molecular weight is 458 g/mol. The maximum Gasteiger partial charge on any atom is 0.387 e. The SMILES string of the molecule is O=C(COC(=O)c1sc2cc(F)ccc2c1Cl)NC(=O)c1ccc(OC(F)F)cc1. The van der Waals surface area contributed by atoms with Crippen LogP contribution in [0.3, 0.4) is 0 Å². The van der Waals surface area contributed by atoms with E-state index >= 15 is 0 Å². The van der Waals surface area contributed by atoms with Gasteiger partial charge in [0, 0.05) is 15.6 Å². The van der Waals surface area contributed by atoms with Crippen molar-refractivity contribution in [2.45, 2.75) is 6.61 Å². The van der Waals surface area contributed by atoms with Crippen LogP contribution in [0.4, 0.5) is 13.2 Å². The molecule has 0 saturated carbocycles. The van der Waals surface area contributed by atoms with Crippen LogP contribution >= 0.6 is 22.9 Å². The third kappa shape index (κ3) is 5.08. The molecule has 0 unspecified atom stereocenters. The number of imide groups is 1. The maximum atomic E-state index is 13.3. The summed E-state index contributed by atoms with van der Waals surface area (Å²) in [6, 6.07) is 8.47. The number of ether oxygens (including phenoxy) is 2. The molecule has 3 aromatic rings. The van der Waals surface area contributed by atoms with Crippen LogP contribution in [0.15, 0.2) is 42.5 Å². The second-order valence-corrected chi connectivity index (χ2v) is 7.17. The second-order valence-electron chi connectivity index (χ2n) is 5.74. The molecule has 0 saturated heterocycles. The van der Waals surface area contributed by atoms with Crippen molar-refractivity contribution in [3.05, 3.63) is 63.7 Å². The molecule has 2 aromatic carbocycles. The Balaban J connectivity index is 1.57. The van der Waals surface area contributed by atoms with E-state index in [1.54, 1.807) is 0 Å². The molecule has 0 bridgehead atoms. The van der Waals surface area contributed by atoms with Crippen molar-refractivity contribution in [2.24, 2.45) is 0 Å². The minimum Gasteiger partial charge on any atom is -0.451 e. The lowest BCUT2D eigenvalue weighted by molar-refractivity contribution is -0.123. The van der Waals surface area contributed by atoms with Crippen molar-refractivity contribution in [2.75, 3.05) is 6.61 Å². The highest BCUT2D eigenvalue weighted by atomic mass is 35.5. The van der Waals surface area contributed by atoms with E-state index in [4.69, 9.17) is 16.3 Å². The van der Waals surface area contributed by atoms with Gasteiger partial charge in [0.05, 0.1) is 5.02 Å². The molecule has 30 heavy (non-hydrogen) atoms. The first kappa shape index (κ1) is 21.6. The number of hydrogen-bond acceptors (Lipinski definition) is 6. The summed E-state index contributed by atoms with van der Waals surface area (Å²) in [6.07, 6.45) is 0. The number of carbonyl (C=O) groups excluding carboxylic acids is 3. The van der Waals surface area contributed by atoms with Crippen LogP contribution in [0.1, 0.15) is 20.0 Å². The number of thiophene rings is 1. The molecule has 1 aromatic heterocycles. The van der Waals surface area contributed by atoms with E-state index < -0.39 is 36.8 Å². The highest BCUT2D eigenvalue weighted by Crippen LogP contribution is 2.36. The lowest BCUT2D eigenvalue weighted by Gasteiger charge is -2.07. The predicted octanol–water partition coefficient (Wildman–Crippen LogP) is 4.41. The molecule has 1 heterocycles. The van der Waals surface area contributed by atoms with E-state index in [9.17, 15) is 27.6 Å². The summed E-state index contributed by atoms with van der Waals surface area (Å²) in [5.41, 5.74) is 0.00544. The van der Waals surface area contributed by atoms with E-state index in [1.165, 1.54) is 30.3 Å². The number of benzene rings is 2. The molecule has 0 aliphatic heterocycles. The number of rotatable bonds is 6. The fourth-order valence-corrected chi connectivity index (χ4v) is 3.82. The predicted molar refractivity (Wildman–Crippen MR) is 103 cm³/mol. The number of nitrogens with one attached hydrogen (secondary N) is 1. The van der Waals surface area contributed by atoms with Crippen LogP contribution < -0.4 is 10.1 Å². The van der Waals surface area contributed by atoms with Crippen molar-refractivity contribution < 1.29 is 37.0 Å². The zero-order valence-electron chi connectivity index (χ0n) is 14.8. The van der Waals surface area contributed by atoms with Gasteiger partial charge >= 0.3 is 12.6 Å². The monoisotopic (exact) mass is 457 g/mol. The van der Waals surface area contributed by atoms with Crippen LogP contribution in [0.2, 0.25) is 5.02 Å². The third-order valence-electron chi connectivity index (χ3n) is 3.71. The van der Waals surface area contributed by atoms with Crippen molar-refractivity contribution in [3.63, 3.8) is 0 Å². The van der Waals surface area contributed by atoms with E-state index in [-0.39, 0.29) is 21.2 Å². The lowest BCUT2D eigenvalue weighted by atomic mass is 10.2. The van der Waals surface area contributed by atoms with Crippen molar-refractivity contribution in [1.29, 1.82) is 0 Å². The van der Waals surface area contributed by atoms with Gasteiger partial charge in [0.15, 0.2) is 6.61 Å². The summed E-state index contributed by atoms with van der Waals surface area (Å²) in [5.74, 6) is -3.29. The van der Waals surface area contributed by atoms with Gasteiger partial charge in [-0.25, -0.2) is 9.18 Å². The quantitative estimate of drug-likeness (QED) is 0.554. The molecule has 0 fully saturated rings. The number of fused-ring (bicyclic) bond motifs is 1. The fourth-order valence-electron chi connectivity index (χ4n) is 2.39. The average Bonchev–Trinajstić information content (AvgIpc) is 3.02. The Hall–Kier alpha value is -3.11. The Labute approximate surface area is 176 Å². The first-order valence-electron chi connectivity index (χ1n) is 8.18. The Morgan fingerprint density at radius 2 is 1.80 bits per heavy atom. The van der Waals surface area contributed by atoms with Crippen LogP contribution in [-0.2, 0) is 9.53 Å². The molecule has 2 amide bonds. The zero-order valence-corrected chi connectivity index (χ0v) is 16.4. The van der Waals surface area contributed by atoms with Crippen LogP contribution in [-0.4, -0.2) is 31.0 Å². The van der Waals surface area contributed by atoms with Crippen molar-refractivity contribution in [1.82, 2.24) is 5.32 Å². The number of carbonyl (C=O) groups is 3. The highest BCUT2D eigenvalue weighted by molar-refractivity contribution is 7.21. The van der Waals surface area contributed by atoms with Crippen LogP contribution in [0.25, 0.3) is 10.1 Å². The standard InChI is InChI=1S/C19H11ClF3NO5S/c20-15-12-6-3-10(21)7-13(12)30-16(15)18(27)28-8-14(25)24-17(26)9-1-4-11(5-2-9)29-19(22)23/h1-7,19H,8H2,(H,24,25,26). The summed E-state index contributed by atoms with van der Waals surface area (Å²) >= 11 is 7.01. The summed E-state index contributed by atoms with van der Waals surface area (Å²) < 4.78 is 47.0. The van der Waals surface area contributed by atoms with Crippen molar-refractivity contribution in [3.8, 4) is 5.75 Å². The number of amides is 2. The van der Waals surface area contributed by atoms with E-state index in [0.717, 1.165) is 23.5 Å². The van der Waals surface area contributed by atoms with Gasteiger partial charge in [-0.3, -0.25) is 14.9 Å². The van der Waals surface area contributed by atoms with Gasteiger partial charge in [0.1, 0.15) is 16.4 Å². The van der Waals surface area contributed by atoms with Gasteiger partial charge < -0.3 is 9.47 Å². The molecule has 11 heteroatoms. The Morgan fingerprint density at radius 1 is 1.10 bits per heavy atom. The minimum atomic E-state index is -3.01. The smallest absolute Gasteiger partial charge is 0.387 e. The molecule has 1 N–H and O–H groups in total. The Morgan fingerprint density at radius 3 is 2.47 bits per heavy atom. The van der Waals surface area contributed by atoms with Gasteiger partial charge in [-0.2, -0.15) is 8.78 Å². The largest absolute Gasteiger partial charge is 0.451 e. The molecular formula is C19H11ClF3NO5S. The topological polar surface area (TPSA) is 81.7 Å². The molecule has 3 rings (SSSR count). The van der Waals surface area contributed by atoms with Crippen LogP contribution in [0, 0.1) is 5.82 Å². The molecular weight excluding hydrogens is 447 g/mol. The zero-order chi connectivity index (χ0) is 21.8. The van der Waals surface area contributed by atoms with Gasteiger partial charge in [-0.1, -0.05) is 11.6 Å². The molecule has 6 nitrogen and oxygen atoms in total. The van der Waals surface area contributed by atoms with Gasteiger partial charge in [-0.05, 0) is 42.5 Å². The second kappa shape index (κ2) is 9.14. The number of alkyl halides is 2. The Kier molecular flexibility index (Phi) is 6.58. The third-order valence-corrected chi connectivity index (χ3v) is 5.34. The highest BCUT2D eigenvalue weighted by Gasteiger charge is 2.20. The van der Waals surface area contributed by atoms with Gasteiger partial charge in [0.2, 0.25) is 0 Å². The molecule has 0 aliphatic carbocycles. The van der Waals surface area contributed by atoms with E-state index in [2.05, 4.69) is 4.74 Å². The fraction of sp³-hybridized carbons (Fsp3) is 0.105. The Bertz CT molecular complexity index is 1120.